The summed E-state index contributed by atoms with van der Waals surface area (Å²) in [5.74, 6) is 0. The van der Waals surface area contributed by atoms with E-state index in [2.05, 4.69) is 30.1 Å². The number of hydrogen-bond acceptors (Lipinski definition) is 2. The molecule has 1 rings (SSSR count). The second-order valence-electron chi connectivity index (χ2n) is 3.37. The number of nitrogens with zero attached hydrogens (tertiary/aromatic N) is 2. The van der Waals surface area contributed by atoms with Crippen molar-refractivity contribution in [3.8, 4) is 0 Å². The van der Waals surface area contributed by atoms with Crippen molar-refractivity contribution >= 4 is 0 Å². The van der Waals surface area contributed by atoms with Gasteiger partial charge in [-0.15, -0.1) is 6.58 Å². The number of nitrogens with one attached hydrogen (secondary N) is 1. The summed E-state index contributed by atoms with van der Waals surface area (Å²) in [7, 11) is 0. The third-order valence-corrected chi connectivity index (χ3v) is 2.00. The lowest BCUT2D eigenvalue weighted by Gasteiger charge is -1.99. The molecule has 1 N–H and O–H groups in total. The van der Waals surface area contributed by atoms with Crippen molar-refractivity contribution in [2.75, 3.05) is 6.54 Å². The monoisotopic (exact) mass is 193 g/mol. The van der Waals surface area contributed by atoms with E-state index in [-0.39, 0.29) is 0 Å². The van der Waals surface area contributed by atoms with Crippen LogP contribution < -0.4 is 5.32 Å². The number of aryl methyl sites for hydroxylation is 1. The Bertz CT molecular complexity index is 265. The summed E-state index contributed by atoms with van der Waals surface area (Å²) in [6.45, 7) is 8.77. The number of aromatic nitrogens is 2. The van der Waals surface area contributed by atoms with E-state index in [0.29, 0.717) is 0 Å². The average Bonchev–Trinajstić information content (AvgIpc) is 2.63. The molecule has 0 unspecified atom stereocenters. The molecule has 0 saturated carbocycles. The molecule has 1 aromatic heterocycles. The zero-order chi connectivity index (χ0) is 10.2. The summed E-state index contributed by atoms with van der Waals surface area (Å²) in [6.07, 6.45) is 8.07. The van der Waals surface area contributed by atoms with Crippen LogP contribution in [0.25, 0.3) is 0 Å². The molecule has 0 aromatic carbocycles. The molecule has 3 nitrogen and oxygen atoms in total. The highest BCUT2D eigenvalue weighted by molar-refractivity contribution is 5.03. The molecule has 1 heterocycles. The number of allylic oxidation sites excluding steroid dienone is 1. The van der Waals surface area contributed by atoms with Crippen molar-refractivity contribution in [3.05, 3.63) is 30.6 Å². The molecular formula is C11H19N3. The summed E-state index contributed by atoms with van der Waals surface area (Å²) in [6, 6.07) is 0. The first-order valence-electron chi connectivity index (χ1n) is 5.19. The van der Waals surface area contributed by atoms with E-state index in [9.17, 15) is 0 Å². The predicted molar refractivity (Wildman–Crippen MR) is 59.0 cm³/mol. The van der Waals surface area contributed by atoms with Crippen LogP contribution >= 0.6 is 0 Å². The lowest BCUT2D eigenvalue weighted by molar-refractivity contribution is 0.621. The van der Waals surface area contributed by atoms with Crippen LogP contribution in [0.1, 0.15) is 25.3 Å². The van der Waals surface area contributed by atoms with E-state index < -0.39 is 0 Å². The Hall–Kier alpha value is -1.09. The van der Waals surface area contributed by atoms with Crippen LogP contribution in [0.3, 0.4) is 0 Å². The van der Waals surface area contributed by atoms with Gasteiger partial charge in [0.05, 0.1) is 6.20 Å². The largest absolute Gasteiger partial charge is 0.313 e. The van der Waals surface area contributed by atoms with Crippen LogP contribution in [-0.4, -0.2) is 16.3 Å². The minimum absolute atomic E-state index is 0.919. The third-order valence-electron chi connectivity index (χ3n) is 2.00. The molecule has 0 aliphatic rings. The molecule has 0 bridgehead atoms. The predicted octanol–water partition coefficient (Wildman–Crippen LogP) is 1.96. The fraction of sp³-hybridized carbons (Fsp3) is 0.545. The van der Waals surface area contributed by atoms with Gasteiger partial charge in [0.2, 0.25) is 0 Å². The van der Waals surface area contributed by atoms with Gasteiger partial charge in [-0.2, -0.15) is 5.10 Å². The van der Waals surface area contributed by atoms with Crippen LogP contribution in [-0.2, 0) is 13.1 Å². The minimum Gasteiger partial charge on any atom is -0.313 e. The molecule has 78 valence electrons. The second kappa shape index (κ2) is 6.38. The molecule has 0 spiro atoms. The fourth-order valence-corrected chi connectivity index (χ4v) is 1.25. The van der Waals surface area contributed by atoms with Gasteiger partial charge in [-0.25, -0.2) is 0 Å². The highest BCUT2D eigenvalue weighted by atomic mass is 15.3. The number of rotatable bonds is 7. The maximum atomic E-state index is 4.26. The number of hydrogen-bond donors (Lipinski definition) is 1. The van der Waals surface area contributed by atoms with E-state index in [4.69, 9.17) is 0 Å². The van der Waals surface area contributed by atoms with E-state index in [1.54, 1.807) is 0 Å². The van der Waals surface area contributed by atoms with Crippen LogP contribution in [0.15, 0.2) is 25.0 Å². The van der Waals surface area contributed by atoms with Gasteiger partial charge in [0.15, 0.2) is 0 Å². The lowest BCUT2D eigenvalue weighted by atomic mass is 10.3. The molecule has 14 heavy (non-hydrogen) atoms. The van der Waals surface area contributed by atoms with E-state index in [1.165, 1.54) is 12.0 Å². The van der Waals surface area contributed by atoms with Crippen molar-refractivity contribution in [1.29, 1.82) is 0 Å². The maximum Gasteiger partial charge on any atom is 0.0534 e. The zero-order valence-corrected chi connectivity index (χ0v) is 8.87. The molecule has 0 atom stereocenters. The fourth-order valence-electron chi connectivity index (χ4n) is 1.25. The van der Waals surface area contributed by atoms with Gasteiger partial charge < -0.3 is 5.32 Å². The Morgan fingerprint density at radius 1 is 1.64 bits per heavy atom. The Kier molecular flexibility index (Phi) is 5.00. The Labute approximate surface area is 85.8 Å². The van der Waals surface area contributed by atoms with Gasteiger partial charge >= 0.3 is 0 Å². The van der Waals surface area contributed by atoms with E-state index in [0.717, 1.165) is 26.1 Å². The maximum absolute atomic E-state index is 4.26. The third kappa shape index (κ3) is 3.75. The summed E-state index contributed by atoms with van der Waals surface area (Å²) in [5, 5.41) is 7.61. The molecule has 0 aliphatic carbocycles. The highest BCUT2D eigenvalue weighted by Gasteiger charge is 1.96. The summed E-state index contributed by atoms with van der Waals surface area (Å²) >= 11 is 0. The first-order valence-corrected chi connectivity index (χ1v) is 5.19. The molecule has 0 aliphatic heterocycles. The summed E-state index contributed by atoms with van der Waals surface area (Å²) in [5.41, 5.74) is 1.25. The summed E-state index contributed by atoms with van der Waals surface area (Å²) < 4.78 is 1.96. The van der Waals surface area contributed by atoms with E-state index >= 15 is 0 Å². The van der Waals surface area contributed by atoms with Crippen molar-refractivity contribution < 1.29 is 0 Å². The molecule has 0 fully saturated rings. The van der Waals surface area contributed by atoms with Crippen LogP contribution in [0.5, 0.6) is 0 Å². The zero-order valence-electron chi connectivity index (χ0n) is 8.87. The molecule has 0 saturated heterocycles. The lowest BCUT2D eigenvalue weighted by Crippen LogP contribution is -2.13. The van der Waals surface area contributed by atoms with Crippen molar-refractivity contribution in [2.24, 2.45) is 0 Å². The van der Waals surface area contributed by atoms with Gasteiger partial charge in [0.1, 0.15) is 0 Å². The van der Waals surface area contributed by atoms with Gasteiger partial charge in [-0.05, 0) is 19.4 Å². The van der Waals surface area contributed by atoms with Crippen molar-refractivity contribution in [2.45, 2.75) is 32.9 Å². The van der Waals surface area contributed by atoms with Crippen LogP contribution in [0.2, 0.25) is 0 Å². The second-order valence-corrected chi connectivity index (χ2v) is 3.37. The minimum atomic E-state index is 0.919. The SMILES string of the molecule is C=CCCn1cc(CNCCC)cn1. The molecule has 3 heteroatoms. The van der Waals surface area contributed by atoms with Crippen LogP contribution in [0.4, 0.5) is 0 Å². The topological polar surface area (TPSA) is 29.9 Å². The Morgan fingerprint density at radius 2 is 2.50 bits per heavy atom. The van der Waals surface area contributed by atoms with Crippen molar-refractivity contribution in [3.63, 3.8) is 0 Å². The average molecular weight is 193 g/mol. The molecule has 1 aromatic rings. The summed E-state index contributed by atoms with van der Waals surface area (Å²) in [4.78, 5) is 0. The Balaban J connectivity index is 2.31. The van der Waals surface area contributed by atoms with Gasteiger partial charge in [0.25, 0.3) is 0 Å². The highest BCUT2D eigenvalue weighted by Crippen LogP contribution is 1.98. The Morgan fingerprint density at radius 3 is 3.21 bits per heavy atom. The van der Waals surface area contributed by atoms with Gasteiger partial charge in [0, 0.05) is 24.8 Å². The molecular weight excluding hydrogens is 174 g/mol. The smallest absolute Gasteiger partial charge is 0.0534 e. The van der Waals surface area contributed by atoms with Gasteiger partial charge in [-0.3, -0.25) is 4.68 Å². The molecule has 0 radical (unpaired) electrons. The standard InChI is InChI=1S/C11H19N3/c1-3-5-7-14-10-11(9-13-14)8-12-6-4-2/h3,9-10,12H,1,4-8H2,2H3. The van der Waals surface area contributed by atoms with Crippen molar-refractivity contribution in [1.82, 2.24) is 15.1 Å². The quantitative estimate of drug-likeness (QED) is 0.530. The first-order chi connectivity index (χ1) is 6.86. The van der Waals surface area contributed by atoms with Crippen LogP contribution in [0, 0.1) is 0 Å². The normalized spacial score (nSPS) is 10.4. The van der Waals surface area contributed by atoms with Gasteiger partial charge in [-0.1, -0.05) is 13.0 Å². The van der Waals surface area contributed by atoms with E-state index in [1.807, 2.05) is 17.0 Å². The molecule has 0 amide bonds. The first kappa shape index (κ1) is 11.0.